The molecule has 2 nitrogen and oxygen atoms in total. The van der Waals surface area contributed by atoms with Gasteiger partial charge in [-0.25, -0.2) is 0 Å². The monoisotopic (exact) mass is 316 g/mol. The molecule has 2 aromatic heterocycles. The van der Waals surface area contributed by atoms with Crippen LogP contribution in [-0.4, -0.2) is 11.7 Å². The molecule has 1 N–H and O–H groups in total. The number of hydrogen-bond donors (Lipinski definition) is 1. The molecule has 3 heterocycles. The first-order chi connectivity index (χ1) is 10.3. The van der Waals surface area contributed by atoms with E-state index in [4.69, 9.17) is 4.74 Å². The fourth-order valence-corrected chi connectivity index (χ4v) is 5.06. The summed E-state index contributed by atoms with van der Waals surface area (Å²) in [6, 6.07) is 12.6. The van der Waals surface area contributed by atoms with Crippen LogP contribution < -0.4 is 0 Å². The molecule has 0 amide bonds. The quantitative estimate of drug-likeness (QED) is 0.759. The number of benzene rings is 1. The van der Waals surface area contributed by atoms with Crippen molar-refractivity contribution in [2.24, 2.45) is 0 Å². The first-order valence-corrected chi connectivity index (χ1v) is 8.85. The van der Waals surface area contributed by atoms with Gasteiger partial charge in [0.25, 0.3) is 0 Å². The Bertz CT molecular complexity index is 730. The summed E-state index contributed by atoms with van der Waals surface area (Å²) in [4.78, 5) is 1.04. The Morgan fingerprint density at radius 1 is 1.24 bits per heavy atom. The Morgan fingerprint density at radius 2 is 2.14 bits per heavy atom. The van der Waals surface area contributed by atoms with E-state index in [0.29, 0.717) is 6.42 Å². The largest absolute Gasteiger partial charge is 0.387 e. The van der Waals surface area contributed by atoms with Crippen LogP contribution in [0.5, 0.6) is 0 Å². The molecule has 0 spiro atoms. The van der Waals surface area contributed by atoms with Crippen LogP contribution in [0.2, 0.25) is 0 Å². The molecule has 2 atom stereocenters. The molecule has 0 aliphatic carbocycles. The molecule has 21 heavy (non-hydrogen) atoms. The SMILES string of the molecule is OC(CC1OCCc2ccccc21)c1cc2sccc2s1. The summed E-state index contributed by atoms with van der Waals surface area (Å²) in [6.07, 6.45) is 1.15. The van der Waals surface area contributed by atoms with Crippen molar-refractivity contribution in [1.82, 2.24) is 0 Å². The van der Waals surface area contributed by atoms with Crippen LogP contribution in [0.3, 0.4) is 0 Å². The maximum atomic E-state index is 10.6. The number of aliphatic hydroxyl groups is 1. The lowest BCUT2D eigenvalue weighted by Gasteiger charge is -2.27. The zero-order valence-electron chi connectivity index (χ0n) is 11.5. The molecule has 0 saturated carbocycles. The number of rotatable bonds is 3. The molecule has 0 radical (unpaired) electrons. The molecule has 0 fully saturated rings. The molecule has 108 valence electrons. The maximum absolute atomic E-state index is 10.6. The van der Waals surface area contributed by atoms with Gasteiger partial charge in [-0.3, -0.25) is 0 Å². The van der Waals surface area contributed by atoms with Crippen molar-refractivity contribution in [3.05, 3.63) is 57.8 Å². The predicted molar refractivity (Wildman–Crippen MR) is 88.1 cm³/mol. The number of thiophene rings is 2. The summed E-state index contributed by atoms with van der Waals surface area (Å²) < 4.78 is 8.43. The molecule has 0 bridgehead atoms. The summed E-state index contributed by atoms with van der Waals surface area (Å²) in [7, 11) is 0. The Kier molecular flexibility index (Phi) is 3.55. The highest BCUT2D eigenvalue weighted by Crippen LogP contribution is 2.39. The Hall–Kier alpha value is -1.20. The van der Waals surface area contributed by atoms with Crippen LogP contribution in [0, 0.1) is 0 Å². The lowest BCUT2D eigenvalue weighted by atomic mass is 9.94. The normalized spacial score (nSPS) is 19.6. The van der Waals surface area contributed by atoms with E-state index < -0.39 is 6.10 Å². The number of fused-ring (bicyclic) bond motifs is 2. The Labute approximate surface area is 131 Å². The molecule has 2 unspecified atom stereocenters. The molecule has 1 aromatic carbocycles. The molecular formula is C17H16O2S2. The average Bonchev–Trinajstić information content (AvgIpc) is 3.09. The van der Waals surface area contributed by atoms with Crippen LogP contribution >= 0.6 is 22.7 Å². The van der Waals surface area contributed by atoms with Gasteiger partial charge in [0.1, 0.15) is 0 Å². The smallest absolute Gasteiger partial charge is 0.0910 e. The molecule has 4 rings (SSSR count). The van der Waals surface area contributed by atoms with E-state index in [0.717, 1.165) is 17.9 Å². The van der Waals surface area contributed by atoms with Gasteiger partial charge in [-0.1, -0.05) is 24.3 Å². The minimum Gasteiger partial charge on any atom is -0.387 e. The van der Waals surface area contributed by atoms with Gasteiger partial charge >= 0.3 is 0 Å². The molecule has 1 aliphatic rings. The summed E-state index contributed by atoms with van der Waals surface area (Å²) >= 11 is 3.42. The summed E-state index contributed by atoms with van der Waals surface area (Å²) in [5.74, 6) is 0. The third-order valence-corrected chi connectivity index (χ3v) is 6.21. The van der Waals surface area contributed by atoms with E-state index in [1.165, 1.54) is 20.5 Å². The second-order valence-electron chi connectivity index (χ2n) is 5.36. The minimum absolute atomic E-state index is 0.00471. The zero-order valence-corrected chi connectivity index (χ0v) is 13.1. The molecule has 1 aliphatic heterocycles. The standard InChI is InChI=1S/C17H16O2S2/c18-13(16-10-17-15(21-16)6-8-20-17)9-14-12-4-2-1-3-11(12)5-7-19-14/h1-4,6,8,10,13-14,18H,5,7,9H2. The van der Waals surface area contributed by atoms with Crippen LogP contribution in [-0.2, 0) is 11.2 Å². The van der Waals surface area contributed by atoms with Crippen molar-refractivity contribution in [1.29, 1.82) is 0 Å². The third kappa shape index (κ3) is 2.53. The predicted octanol–water partition coefficient (Wildman–Crippen LogP) is 4.70. The highest BCUT2D eigenvalue weighted by atomic mass is 32.1. The first-order valence-electron chi connectivity index (χ1n) is 7.15. The molecule has 0 saturated heterocycles. The second kappa shape index (κ2) is 5.54. The van der Waals surface area contributed by atoms with Crippen LogP contribution in [0.4, 0.5) is 0 Å². The van der Waals surface area contributed by atoms with Gasteiger partial charge in [-0.05, 0) is 35.1 Å². The lowest BCUT2D eigenvalue weighted by molar-refractivity contribution is 0.00458. The number of ether oxygens (including phenoxy) is 1. The van der Waals surface area contributed by atoms with E-state index in [9.17, 15) is 5.11 Å². The van der Waals surface area contributed by atoms with E-state index >= 15 is 0 Å². The van der Waals surface area contributed by atoms with E-state index in [-0.39, 0.29) is 6.10 Å². The average molecular weight is 316 g/mol. The van der Waals surface area contributed by atoms with Crippen molar-refractivity contribution in [3.8, 4) is 0 Å². The molecule has 4 heteroatoms. The van der Waals surface area contributed by atoms with Gasteiger partial charge in [-0.15, -0.1) is 22.7 Å². The number of hydrogen-bond acceptors (Lipinski definition) is 4. The summed E-state index contributed by atoms with van der Waals surface area (Å²) in [5, 5.41) is 12.6. The number of aliphatic hydroxyl groups excluding tert-OH is 1. The van der Waals surface area contributed by atoms with E-state index in [2.05, 4.69) is 35.7 Å². The highest BCUT2D eigenvalue weighted by Gasteiger charge is 2.24. The topological polar surface area (TPSA) is 29.5 Å². The fourth-order valence-electron chi connectivity index (χ4n) is 2.94. The van der Waals surface area contributed by atoms with E-state index in [1.54, 1.807) is 22.7 Å². The minimum atomic E-state index is -0.453. The van der Waals surface area contributed by atoms with E-state index in [1.807, 2.05) is 6.07 Å². The Balaban J connectivity index is 1.57. The highest BCUT2D eigenvalue weighted by molar-refractivity contribution is 7.26. The van der Waals surface area contributed by atoms with Crippen molar-refractivity contribution in [2.45, 2.75) is 25.0 Å². The molecular weight excluding hydrogens is 300 g/mol. The first kappa shape index (κ1) is 13.5. The summed E-state index contributed by atoms with van der Waals surface area (Å²) in [5.41, 5.74) is 2.59. The van der Waals surface area contributed by atoms with Crippen LogP contribution in [0.15, 0.2) is 41.8 Å². The maximum Gasteiger partial charge on any atom is 0.0910 e. The van der Waals surface area contributed by atoms with Crippen molar-refractivity contribution in [2.75, 3.05) is 6.61 Å². The van der Waals surface area contributed by atoms with Crippen molar-refractivity contribution < 1.29 is 9.84 Å². The van der Waals surface area contributed by atoms with Gasteiger partial charge in [0.15, 0.2) is 0 Å². The lowest BCUT2D eigenvalue weighted by Crippen LogP contribution is -2.18. The Morgan fingerprint density at radius 3 is 3.05 bits per heavy atom. The fraction of sp³-hybridized carbons (Fsp3) is 0.294. The second-order valence-corrected chi connectivity index (χ2v) is 7.42. The molecule has 3 aromatic rings. The van der Waals surface area contributed by atoms with Gasteiger partial charge in [0, 0.05) is 20.7 Å². The van der Waals surface area contributed by atoms with Gasteiger partial charge < -0.3 is 9.84 Å². The van der Waals surface area contributed by atoms with Crippen molar-refractivity contribution in [3.63, 3.8) is 0 Å². The van der Waals surface area contributed by atoms with Gasteiger partial charge in [0.05, 0.1) is 18.8 Å². The van der Waals surface area contributed by atoms with Crippen LogP contribution in [0.25, 0.3) is 9.40 Å². The van der Waals surface area contributed by atoms with Gasteiger partial charge in [0.2, 0.25) is 0 Å². The van der Waals surface area contributed by atoms with Crippen LogP contribution in [0.1, 0.15) is 34.6 Å². The third-order valence-electron chi connectivity index (χ3n) is 4.02. The zero-order chi connectivity index (χ0) is 14.2. The van der Waals surface area contributed by atoms with Crippen molar-refractivity contribution >= 4 is 32.1 Å². The summed E-state index contributed by atoms with van der Waals surface area (Å²) in [6.45, 7) is 0.744. The van der Waals surface area contributed by atoms with Gasteiger partial charge in [-0.2, -0.15) is 0 Å².